The molecule has 0 bridgehead atoms. The molecule has 5 rings (SSSR count). The lowest BCUT2D eigenvalue weighted by Gasteiger charge is -2.30. The third kappa shape index (κ3) is 5.47. The van der Waals surface area contributed by atoms with E-state index in [1.54, 1.807) is 17.0 Å². The molecule has 0 radical (unpaired) electrons. The zero-order valence-electron chi connectivity index (χ0n) is 21.7. The molecule has 2 aliphatic heterocycles. The van der Waals surface area contributed by atoms with Crippen molar-refractivity contribution >= 4 is 22.7 Å². The zero-order valence-corrected chi connectivity index (χ0v) is 21.7. The summed E-state index contributed by atoms with van der Waals surface area (Å²) < 4.78 is 17.0. The van der Waals surface area contributed by atoms with E-state index in [9.17, 15) is 14.7 Å². The maximum absolute atomic E-state index is 13.7. The molecule has 38 heavy (non-hydrogen) atoms. The second-order valence-electron chi connectivity index (χ2n) is 9.72. The number of ether oxygens (including phenoxy) is 2. The summed E-state index contributed by atoms with van der Waals surface area (Å²) in [7, 11) is 0. The van der Waals surface area contributed by atoms with Gasteiger partial charge < -0.3 is 23.9 Å². The van der Waals surface area contributed by atoms with Crippen LogP contribution in [-0.4, -0.2) is 72.6 Å². The van der Waals surface area contributed by atoms with Crippen LogP contribution in [0.2, 0.25) is 0 Å². The fraction of sp³-hybridized carbons (Fsp3) is 0.400. The van der Waals surface area contributed by atoms with Gasteiger partial charge in [0.2, 0.25) is 5.78 Å². The third-order valence-corrected chi connectivity index (χ3v) is 7.14. The number of morpholine rings is 1. The monoisotopic (exact) mass is 518 g/mol. The molecule has 2 aromatic carbocycles. The number of nitrogens with zero attached hydrogens (tertiary/aromatic N) is 2. The van der Waals surface area contributed by atoms with Crippen LogP contribution in [0.25, 0.3) is 11.0 Å². The van der Waals surface area contributed by atoms with Crippen LogP contribution in [0.1, 0.15) is 48.3 Å². The van der Waals surface area contributed by atoms with Gasteiger partial charge in [-0.1, -0.05) is 43.7 Å². The minimum Gasteiger partial charge on any atom is -0.503 e. The molecule has 3 heterocycles. The van der Waals surface area contributed by atoms with Gasteiger partial charge in [0.1, 0.15) is 11.3 Å². The summed E-state index contributed by atoms with van der Waals surface area (Å²) in [4.78, 5) is 30.9. The maximum Gasteiger partial charge on any atom is 0.290 e. The topological polar surface area (TPSA) is 92.5 Å². The number of rotatable bonds is 11. The summed E-state index contributed by atoms with van der Waals surface area (Å²) in [6, 6.07) is 15.7. The number of aliphatic hydroxyl groups is 1. The summed E-state index contributed by atoms with van der Waals surface area (Å²) in [6.45, 7) is 7.06. The second kappa shape index (κ2) is 11.8. The van der Waals surface area contributed by atoms with Gasteiger partial charge in [0.05, 0.1) is 31.4 Å². The number of benzene rings is 2. The molecule has 1 fully saturated rings. The second-order valence-corrected chi connectivity index (χ2v) is 9.72. The Morgan fingerprint density at radius 1 is 1.05 bits per heavy atom. The Bertz CT molecular complexity index is 1270. The summed E-state index contributed by atoms with van der Waals surface area (Å²) in [5, 5.41) is 11.8. The van der Waals surface area contributed by atoms with Gasteiger partial charge in [-0.15, -0.1) is 0 Å². The summed E-state index contributed by atoms with van der Waals surface area (Å²) in [5.74, 6) is -0.727. The van der Waals surface area contributed by atoms with Crippen LogP contribution in [0.4, 0.5) is 0 Å². The van der Waals surface area contributed by atoms with Crippen molar-refractivity contribution in [2.75, 3.05) is 46.0 Å². The molecular weight excluding hydrogens is 484 g/mol. The van der Waals surface area contributed by atoms with Crippen molar-refractivity contribution in [1.82, 2.24) is 9.80 Å². The van der Waals surface area contributed by atoms with E-state index in [-0.39, 0.29) is 11.3 Å². The average molecular weight is 519 g/mol. The van der Waals surface area contributed by atoms with Gasteiger partial charge in [0.15, 0.2) is 11.5 Å². The highest BCUT2D eigenvalue weighted by atomic mass is 16.5. The number of hydrogen-bond acceptors (Lipinski definition) is 7. The van der Waals surface area contributed by atoms with Gasteiger partial charge in [-0.05, 0) is 42.7 Å². The number of carbonyl (C=O) groups excluding carboxylic acids is 2. The van der Waals surface area contributed by atoms with Crippen molar-refractivity contribution in [3.63, 3.8) is 0 Å². The van der Waals surface area contributed by atoms with E-state index in [1.165, 1.54) is 0 Å². The first kappa shape index (κ1) is 26.0. The Balaban J connectivity index is 1.42. The van der Waals surface area contributed by atoms with Crippen LogP contribution in [0.3, 0.4) is 0 Å². The molecule has 0 aliphatic carbocycles. The number of aliphatic hydroxyl groups excluding tert-OH is 1. The van der Waals surface area contributed by atoms with E-state index >= 15 is 0 Å². The third-order valence-electron chi connectivity index (χ3n) is 7.14. The highest BCUT2D eigenvalue weighted by Gasteiger charge is 2.44. The lowest BCUT2D eigenvalue weighted by Crippen LogP contribution is -2.39. The predicted molar refractivity (Wildman–Crippen MR) is 143 cm³/mol. The molecule has 1 saturated heterocycles. The highest BCUT2D eigenvalue weighted by molar-refractivity contribution is 6.16. The molecule has 0 unspecified atom stereocenters. The van der Waals surface area contributed by atoms with Gasteiger partial charge in [0.25, 0.3) is 5.91 Å². The van der Waals surface area contributed by atoms with E-state index in [0.29, 0.717) is 38.4 Å². The van der Waals surface area contributed by atoms with E-state index in [0.717, 1.165) is 49.2 Å². The Morgan fingerprint density at radius 3 is 2.55 bits per heavy atom. The van der Waals surface area contributed by atoms with Crippen molar-refractivity contribution in [2.45, 2.75) is 32.2 Å². The number of carbonyl (C=O) groups is 2. The van der Waals surface area contributed by atoms with Gasteiger partial charge in [-0.3, -0.25) is 14.5 Å². The Hall–Kier alpha value is -3.62. The standard InChI is InChI=1S/C30H34N2O6/c1-2-3-17-37-23-11-9-21(10-12-23)27-26(28(33)25-20-22-7-4-5-8-24(22)38-25)29(34)30(35)32(27)14-6-13-31-15-18-36-19-16-31/h4-5,7-12,20,27,34H,2-3,6,13-19H2,1H3/t27-/m1/s1. The van der Waals surface area contributed by atoms with Crippen LogP contribution in [0, 0.1) is 0 Å². The van der Waals surface area contributed by atoms with Crippen LogP contribution in [0.5, 0.6) is 5.75 Å². The molecular formula is C30H34N2O6. The molecule has 2 aliphatic rings. The summed E-state index contributed by atoms with van der Waals surface area (Å²) in [6.07, 6.45) is 2.71. The van der Waals surface area contributed by atoms with Crippen LogP contribution < -0.4 is 4.74 Å². The van der Waals surface area contributed by atoms with E-state index in [1.807, 2.05) is 42.5 Å². The lowest BCUT2D eigenvalue weighted by atomic mass is 9.95. The van der Waals surface area contributed by atoms with Crippen molar-refractivity contribution < 1.29 is 28.6 Å². The molecule has 8 heteroatoms. The Morgan fingerprint density at radius 2 is 1.82 bits per heavy atom. The molecule has 1 amide bonds. The zero-order chi connectivity index (χ0) is 26.5. The summed E-state index contributed by atoms with van der Waals surface area (Å²) >= 11 is 0. The van der Waals surface area contributed by atoms with Crippen molar-refractivity contribution in [2.24, 2.45) is 0 Å². The largest absolute Gasteiger partial charge is 0.503 e. The predicted octanol–water partition coefficient (Wildman–Crippen LogP) is 4.91. The molecule has 8 nitrogen and oxygen atoms in total. The normalized spacial score (nSPS) is 18.5. The first-order chi connectivity index (χ1) is 18.6. The van der Waals surface area contributed by atoms with Crippen LogP contribution >= 0.6 is 0 Å². The van der Waals surface area contributed by atoms with Gasteiger partial charge >= 0.3 is 0 Å². The minimum absolute atomic E-state index is 0.0417. The fourth-order valence-electron chi connectivity index (χ4n) is 5.06. The fourth-order valence-corrected chi connectivity index (χ4v) is 5.06. The molecule has 1 N–H and O–H groups in total. The number of Topliss-reactive ketones (excluding diaryl/α,β-unsaturated/α-hetero) is 1. The number of unbranched alkanes of at least 4 members (excludes halogenated alkanes) is 1. The van der Waals surface area contributed by atoms with Crippen LogP contribution in [-0.2, 0) is 9.53 Å². The minimum atomic E-state index is -0.724. The Kier molecular flexibility index (Phi) is 8.10. The average Bonchev–Trinajstić information content (AvgIpc) is 3.49. The quantitative estimate of drug-likeness (QED) is 0.285. The molecule has 1 atom stereocenters. The van der Waals surface area contributed by atoms with E-state index < -0.39 is 23.5 Å². The lowest BCUT2D eigenvalue weighted by molar-refractivity contribution is -0.129. The molecule has 0 spiro atoms. The van der Waals surface area contributed by atoms with Gasteiger partial charge in [-0.2, -0.15) is 0 Å². The van der Waals surface area contributed by atoms with Gasteiger partial charge in [-0.25, -0.2) is 0 Å². The van der Waals surface area contributed by atoms with Crippen LogP contribution in [0.15, 0.2) is 70.3 Å². The molecule has 0 saturated carbocycles. The first-order valence-electron chi connectivity index (χ1n) is 13.4. The SMILES string of the molecule is CCCCOc1ccc([C@@H]2C(C(=O)c3cc4ccccc4o3)=C(O)C(=O)N2CCCN2CCOCC2)cc1. The number of furan rings is 1. The smallest absolute Gasteiger partial charge is 0.290 e. The van der Waals surface area contributed by atoms with Crippen molar-refractivity contribution in [1.29, 1.82) is 0 Å². The number of ketones is 1. The maximum atomic E-state index is 13.7. The number of hydrogen-bond donors (Lipinski definition) is 1. The van der Waals surface area contributed by atoms with Crippen molar-refractivity contribution in [3.8, 4) is 5.75 Å². The number of fused-ring (bicyclic) bond motifs is 1. The highest BCUT2D eigenvalue weighted by Crippen LogP contribution is 2.40. The molecule has 200 valence electrons. The van der Waals surface area contributed by atoms with E-state index in [4.69, 9.17) is 13.9 Å². The summed E-state index contributed by atoms with van der Waals surface area (Å²) in [5.41, 5.74) is 1.35. The van der Waals surface area contributed by atoms with Crippen molar-refractivity contribution in [3.05, 3.63) is 77.3 Å². The molecule has 1 aromatic heterocycles. The first-order valence-corrected chi connectivity index (χ1v) is 13.4. The van der Waals surface area contributed by atoms with E-state index in [2.05, 4.69) is 11.8 Å². The van der Waals surface area contributed by atoms with Gasteiger partial charge in [0, 0.05) is 31.6 Å². The number of amides is 1. The number of para-hydroxylation sites is 1. The molecule has 3 aromatic rings. The Labute approximate surface area is 222 Å².